The number of ether oxygens (including phenoxy) is 1. The van der Waals surface area contributed by atoms with E-state index >= 15 is 0 Å². The normalized spacial score (nSPS) is 14.6. The first kappa shape index (κ1) is 21.1. The van der Waals surface area contributed by atoms with Crippen molar-refractivity contribution in [3.05, 3.63) is 82.9 Å². The molecule has 0 atom stereocenters. The Kier molecular flexibility index (Phi) is 6.32. The van der Waals surface area contributed by atoms with E-state index in [9.17, 15) is 9.18 Å². The molecule has 31 heavy (non-hydrogen) atoms. The Morgan fingerprint density at radius 3 is 2.45 bits per heavy atom. The van der Waals surface area contributed by atoms with Crippen molar-refractivity contribution < 1.29 is 13.9 Å². The Labute approximate surface area is 181 Å². The summed E-state index contributed by atoms with van der Waals surface area (Å²) in [5.74, 6) is 0.511. The molecule has 0 spiro atoms. The summed E-state index contributed by atoms with van der Waals surface area (Å²) in [5, 5.41) is 4.38. The number of hydrogen-bond acceptors (Lipinski definition) is 4. The molecule has 1 aliphatic rings. The molecule has 0 unspecified atom stereocenters. The second kappa shape index (κ2) is 9.31. The van der Waals surface area contributed by atoms with Gasteiger partial charge in [0.05, 0.1) is 0 Å². The number of carbonyl (C=O) groups is 1. The van der Waals surface area contributed by atoms with Crippen LogP contribution in [0.2, 0.25) is 0 Å². The molecule has 0 saturated carbocycles. The third-order valence-corrected chi connectivity index (χ3v) is 5.43. The Balaban J connectivity index is 1.29. The first-order chi connectivity index (χ1) is 15.0. The van der Waals surface area contributed by atoms with Gasteiger partial charge in [0.1, 0.15) is 11.6 Å². The second-order valence-electron chi connectivity index (χ2n) is 8.00. The number of aromatic nitrogens is 2. The molecule has 1 fully saturated rings. The van der Waals surface area contributed by atoms with E-state index in [4.69, 9.17) is 4.74 Å². The van der Waals surface area contributed by atoms with Crippen molar-refractivity contribution in [1.29, 1.82) is 0 Å². The zero-order valence-electron chi connectivity index (χ0n) is 17.9. The van der Waals surface area contributed by atoms with Crippen LogP contribution in [-0.2, 0) is 13.3 Å². The fourth-order valence-electron chi connectivity index (χ4n) is 3.84. The number of amides is 1. The van der Waals surface area contributed by atoms with Crippen LogP contribution in [0.3, 0.4) is 0 Å². The standard InChI is InChI=1S/C24H27FN4O2/c1-18-13-19(2)15-21(14-18)31-17-29-8-7-23(26-29)24(30)28-11-9-27(10-12-28)16-20-5-3-4-6-22(20)25/h3-8,13-15H,9-12,16-17H2,1-2H3. The lowest BCUT2D eigenvalue weighted by molar-refractivity contribution is 0.0619. The molecule has 2 heterocycles. The highest BCUT2D eigenvalue weighted by Crippen LogP contribution is 2.17. The number of aryl methyl sites for hydroxylation is 2. The SMILES string of the molecule is Cc1cc(C)cc(OCn2ccc(C(=O)N3CCN(Cc4ccccc4F)CC3)n2)c1. The molecular formula is C24H27FN4O2. The summed E-state index contributed by atoms with van der Waals surface area (Å²) in [6, 6.07) is 14.6. The number of piperazine rings is 1. The van der Waals surface area contributed by atoms with Gasteiger partial charge < -0.3 is 9.64 Å². The highest BCUT2D eigenvalue weighted by Gasteiger charge is 2.24. The summed E-state index contributed by atoms with van der Waals surface area (Å²) in [5.41, 5.74) is 3.37. The summed E-state index contributed by atoms with van der Waals surface area (Å²) in [6.07, 6.45) is 1.75. The molecule has 0 radical (unpaired) electrons. The lowest BCUT2D eigenvalue weighted by atomic mass is 10.1. The minimum Gasteiger partial charge on any atom is -0.471 e. The second-order valence-corrected chi connectivity index (χ2v) is 8.00. The summed E-state index contributed by atoms with van der Waals surface area (Å²) in [4.78, 5) is 16.8. The number of halogens is 1. The van der Waals surface area contributed by atoms with Gasteiger partial charge in [-0.1, -0.05) is 24.3 Å². The number of nitrogens with zero attached hydrogens (tertiary/aromatic N) is 4. The Morgan fingerprint density at radius 2 is 1.74 bits per heavy atom. The van der Waals surface area contributed by atoms with E-state index in [0.717, 1.165) is 16.9 Å². The van der Waals surface area contributed by atoms with Crippen LogP contribution in [0.5, 0.6) is 5.75 Å². The van der Waals surface area contributed by atoms with Crippen LogP contribution in [0.25, 0.3) is 0 Å². The minimum absolute atomic E-state index is 0.0873. The summed E-state index contributed by atoms with van der Waals surface area (Å²) in [6.45, 7) is 7.46. The number of hydrogen-bond donors (Lipinski definition) is 0. The van der Waals surface area contributed by atoms with Gasteiger partial charge in [-0.3, -0.25) is 9.69 Å². The average molecular weight is 423 g/mol. The van der Waals surface area contributed by atoms with Gasteiger partial charge in [0.15, 0.2) is 12.4 Å². The van der Waals surface area contributed by atoms with Gasteiger partial charge in [-0.2, -0.15) is 5.10 Å². The van der Waals surface area contributed by atoms with E-state index in [1.54, 1.807) is 34.0 Å². The molecule has 0 N–H and O–H groups in total. The van der Waals surface area contributed by atoms with Gasteiger partial charge in [-0.15, -0.1) is 0 Å². The summed E-state index contributed by atoms with van der Waals surface area (Å²) >= 11 is 0. The average Bonchev–Trinajstić information content (AvgIpc) is 3.22. The maximum Gasteiger partial charge on any atom is 0.274 e. The molecular weight excluding hydrogens is 395 g/mol. The van der Waals surface area contributed by atoms with E-state index in [0.29, 0.717) is 44.0 Å². The van der Waals surface area contributed by atoms with E-state index in [2.05, 4.69) is 16.1 Å². The van der Waals surface area contributed by atoms with Gasteiger partial charge in [0, 0.05) is 44.5 Å². The van der Waals surface area contributed by atoms with Gasteiger partial charge in [-0.25, -0.2) is 9.07 Å². The Bertz CT molecular complexity index is 1040. The smallest absolute Gasteiger partial charge is 0.274 e. The van der Waals surface area contributed by atoms with Crippen LogP contribution in [0.4, 0.5) is 4.39 Å². The molecule has 1 amide bonds. The topological polar surface area (TPSA) is 50.6 Å². The van der Waals surface area contributed by atoms with E-state index < -0.39 is 0 Å². The maximum atomic E-state index is 13.9. The molecule has 3 aromatic rings. The van der Waals surface area contributed by atoms with E-state index in [1.807, 2.05) is 32.0 Å². The third-order valence-electron chi connectivity index (χ3n) is 5.43. The van der Waals surface area contributed by atoms with Crippen LogP contribution in [0, 0.1) is 19.7 Å². The fraction of sp³-hybridized carbons (Fsp3) is 0.333. The van der Waals surface area contributed by atoms with E-state index in [1.165, 1.54) is 6.07 Å². The predicted molar refractivity (Wildman–Crippen MR) is 116 cm³/mol. The molecule has 7 heteroatoms. The molecule has 1 saturated heterocycles. The lowest BCUT2D eigenvalue weighted by Crippen LogP contribution is -2.48. The highest BCUT2D eigenvalue weighted by molar-refractivity contribution is 5.92. The molecule has 2 aromatic carbocycles. The Hall–Kier alpha value is -3.19. The van der Waals surface area contributed by atoms with Crippen molar-refractivity contribution in [2.75, 3.05) is 26.2 Å². The van der Waals surface area contributed by atoms with Crippen molar-refractivity contribution >= 4 is 5.91 Å². The summed E-state index contributed by atoms with van der Waals surface area (Å²) < 4.78 is 21.3. The first-order valence-electron chi connectivity index (χ1n) is 10.5. The van der Waals surface area contributed by atoms with Crippen LogP contribution < -0.4 is 4.74 Å². The van der Waals surface area contributed by atoms with E-state index in [-0.39, 0.29) is 18.5 Å². The van der Waals surface area contributed by atoms with Crippen molar-refractivity contribution in [1.82, 2.24) is 19.6 Å². The van der Waals surface area contributed by atoms with Gasteiger partial charge >= 0.3 is 0 Å². The van der Waals surface area contributed by atoms with Crippen LogP contribution in [0.1, 0.15) is 27.2 Å². The van der Waals surface area contributed by atoms with Crippen molar-refractivity contribution in [2.45, 2.75) is 27.1 Å². The summed E-state index contributed by atoms with van der Waals surface area (Å²) in [7, 11) is 0. The minimum atomic E-state index is -0.186. The molecule has 1 aromatic heterocycles. The van der Waals surface area contributed by atoms with Crippen molar-refractivity contribution in [2.24, 2.45) is 0 Å². The van der Waals surface area contributed by atoms with Crippen LogP contribution in [-0.4, -0.2) is 51.7 Å². The van der Waals surface area contributed by atoms with Gasteiger partial charge in [-0.05, 0) is 49.2 Å². The molecule has 162 valence electrons. The zero-order valence-corrected chi connectivity index (χ0v) is 17.9. The van der Waals surface area contributed by atoms with Gasteiger partial charge in [0.2, 0.25) is 0 Å². The highest BCUT2D eigenvalue weighted by atomic mass is 19.1. The lowest BCUT2D eigenvalue weighted by Gasteiger charge is -2.34. The molecule has 1 aliphatic heterocycles. The molecule has 6 nitrogen and oxygen atoms in total. The molecule has 0 bridgehead atoms. The largest absolute Gasteiger partial charge is 0.471 e. The molecule has 4 rings (SSSR count). The van der Waals surface area contributed by atoms with Crippen LogP contribution >= 0.6 is 0 Å². The first-order valence-corrected chi connectivity index (χ1v) is 10.5. The fourth-order valence-corrected chi connectivity index (χ4v) is 3.84. The molecule has 0 aliphatic carbocycles. The van der Waals surface area contributed by atoms with Gasteiger partial charge in [0.25, 0.3) is 5.91 Å². The van der Waals surface area contributed by atoms with Crippen molar-refractivity contribution in [3.63, 3.8) is 0 Å². The number of rotatable bonds is 6. The quantitative estimate of drug-likeness (QED) is 0.609. The third kappa shape index (κ3) is 5.30. The predicted octanol–water partition coefficient (Wildman–Crippen LogP) is 3.63. The van der Waals surface area contributed by atoms with Crippen molar-refractivity contribution in [3.8, 4) is 5.75 Å². The number of benzene rings is 2. The van der Waals surface area contributed by atoms with Crippen LogP contribution in [0.15, 0.2) is 54.7 Å². The number of carbonyl (C=O) groups excluding carboxylic acids is 1. The maximum absolute atomic E-state index is 13.9. The Morgan fingerprint density at radius 1 is 1.03 bits per heavy atom. The monoisotopic (exact) mass is 422 g/mol. The zero-order chi connectivity index (χ0) is 21.8.